The van der Waals surface area contributed by atoms with Gasteiger partial charge in [0.25, 0.3) is 0 Å². The monoisotopic (exact) mass is 354 g/mol. The molecule has 0 atom stereocenters. The van der Waals surface area contributed by atoms with Crippen LogP contribution in [-0.4, -0.2) is 35.0 Å². The van der Waals surface area contributed by atoms with Crippen molar-refractivity contribution in [2.75, 3.05) is 0 Å². The SMILES string of the molecule is CC(=O)Oc1cc(C(=O)O)c(OC(C)=O)c(OC(C)=O)c1OC(C)=O. The van der Waals surface area contributed by atoms with E-state index in [0.29, 0.717) is 0 Å². The van der Waals surface area contributed by atoms with Gasteiger partial charge >= 0.3 is 29.8 Å². The first-order valence-electron chi connectivity index (χ1n) is 6.70. The van der Waals surface area contributed by atoms with Crippen LogP contribution in [0.3, 0.4) is 0 Å². The first-order valence-corrected chi connectivity index (χ1v) is 6.70. The van der Waals surface area contributed by atoms with E-state index < -0.39 is 58.4 Å². The lowest BCUT2D eigenvalue weighted by atomic mass is 10.1. The third-order valence-electron chi connectivity index (χ3n) is 2.38. The highest BCUT2D eigenvalue weighted by Crippen LogP contribution is 2.47. The third kappa shape index (κ3) is 5.30. The van der Waals surface area contributed by atoms with E-state index in [2.05, 4.69) is 0 Å². The van der Waals surface area contributed by atoms with Gasteiger partial charge in [0.2, 0.25) is 11.5 Å². The molecular weight excluding hydrogens is 340 g/mol. The lowest BCUT2D eigenvalue weighted by Gasteiger charge is -2.17. The molecule has 1 aromatic rings. The van der Waals surface area contributed by atoms with E-state index >= 15 is 0 Å². The molecule has 1 aromatic carbocycles. The van der Waals surface area contributed by atoms with Gasteiger partial charge in [-0.1, -0.05) is 0 Å². The van der Waals surface area contributed by atoms with Crippen molar-refractivity contribution < 1.29 is 48.0 Å². The van der Waals surface area contributed by atoms with E-state index in [1.54, 1.807) is 0 Å². The molecular formula is C15H14O10. The van der Waals surface area contributed by atoms with Crippen LogP contribution in [0, 0.1) is 0 Å². The first kappa shape index (κ1) is 19.6. The van der Waals surface area contributed by atoms with Crippen molar-refractivity contribution in [1.29, 1.82) is 0 Å². The molecule has 0 unspecified atom stereocenters. The zero-order valence-corrected chi connectivity index (χ0v) is 13.7. The molecule has 1 rings (SSSR count). The van der Waals surface area contributed by atoms with Crippen LogP contribution in [0.4, 0.5) is 0 Å². The molecule has 10 nitrogen and oxygen atoms in total. The van der Waals surface area contributed by atoms with Crippen LogP contribution < -0.4 is 18.9 Å². The van der Waals surface area contributed by atoms with Gasteiger partial charge in [0.05, 0.1) is 0 Å². The van der Waals surface area contributed by atoms with Crippen molar-refractivity contribution >= 4 is 29.8 Å². The maximum absolute atomic E-state index is 11.4. The van der Waals surface area contributed by atoms with Crippen molar-refractivity contribution in [3.05, 3.63) is 11.6 Å². The highest BCUT2D eigenvalue weighted by atomic mass is 16.6. The van der Waals surface area contributed by atoms with Crippen LogP contribution >= 0.6 is 0 Å². The molecule has 0 radical (unpaired) electrons. The van der Waals surface area contributed by atoms with Crippen LogP contribution in [0.25, 0.3) is 0 Å². The van der Waals surface area contributed by atoms with Crippen LogP contribution in [-0.2, 0) is 19.2 Å². The summed E-state index contributed by atoms with van der Waals surface area (Å²) in [4.78, 5) is 56.6. The molecule has 0 aliphatic heterocycles. The van der Waals surface area contributed by atoms with Gasteiger partial charge in [0.1, 0.15) is 5.56 Å². The molecule has 0 heterocycles. The summed E-state index contributed by atoms with van der Waals surface area (Å²) in [7, 11) is 0. The number of aromatic carboxylic acids is 1. The number of carboxylic acid groups (broad SMARTS) is 1. The highest BCUT2D eigenvalue weighted by Gasteiger charge is 2.30. The van der Waals surface area contributed by atoms with Crippen molar-refractivity contribution in [2.24, 2.45) is 0 Å². The van der Waals surface area contributed by atoms with Gasteiger partial charge < -0.3 is 24.1 Å². The Labute approximate surface area is 141 Å². The molecule has 0 saturated heterocycles. The summed E-state index contributed by atoms with van der Waals surface area (Å²) >= 11 is 0. The predicted octanol–water partition coefficient (Wildman–Crippen LogP) is 1.09. The fraction of sp³-hybridized carbons (Fsp3) is 0.267. The Hall–Kier alpha value is -3.43. The maximum atomic E-state index is 11.4. The minimum absolute atomic E-state index is 0.507. The number of carboxylic acids is 1. The van der Waals surface area contributed by atoms with Gasteiger partial charge in [-0.05, 0) is 0 Å². The fourth-order valence-electron chi connectivity index (χ4n) is 1.71. The predicted molar refractivity (Wildman–Crippen MR) is 78.6 cm³/mol. The normalized spacial score (nSPS) is 9.76. The number of esters is 4. The summed E-state index contributed by atoms with van der Waals surface area (Å²) < 4.78 is 19.3. The second-order valence-corrected chi connectivity index (χ2v) is 4.59. The Balaban J connectivity index is 3.85. The molecule has 1 N–H and O–H groups in total. The van der Waals surface area contributed by atoms with Crippen molar-refractivity contribution in [1.82, 2.24) is 0 Å². The van der Waals surface area contributed by atoms with E-state index in [1.165, 1.54) is 0 Å². The molecule has 25 heavy (non-hydrogen) atoms. The van der Waals surface area contributed by atoms with E-state index in [4.69, 9.17) is 18.9 Å². The van der Waals surface area contributed by atoms with Crippen LogP contribution in [0.15, 0.2) is 6.07 Å². The average molecular weight is 354 g/mol. The van der Waals surface area contributed by atoms with E-state index in [0.717, 1.165) is 33.8 Å². The summed E-state index contributed by atoms with van der Waals surface area (Å²) in [5.41, 5.74) is -0.654. The number of ether oxygens (including phenoxy) is 4. The molecule has 0 saturated carbocycles. The molecule has 0 fully saturated rings. The van der Waals surface area contributed by atoms with E-state index in [9.17, 15) is 29.1 Å². The molecule has 10 heteroatoms. The number of carbonyl (C=O) groups is 5. The molecule has 0 spiro atoms. The Morgan fingerprint density at radius 3 is 1.48 bits per heavy atom. The van der Waals surface area contributed by atoms with E-state index in [-0.39, 0.29) is 0 Å². The summed E-state index contributed by atoms with van der Waals surface area (Å²) in [5, 5.41) is 9.29. The third-order valence-corrected chi connectivity index (χ3v) is 2.38. The Morgan fingerprint density at radius 1 is 0.680 bits per heavy atom. The summed E-state index contributed by atoms with van der Waals surface area (Å²) in [5.74, 6) is -7.64. The quantitative estimate of drug-likeness (QED) is 0.602. The Morgan fingerprint density at radius 2 is 1.08 bits per heavy atom. The Bertz CT molecular complexity index is 762. The zero-order chi connectivity index (χ0) is 19.3. The molecule has 0 aromatic heterocycles. The summed E-state index contributed by atoms with van der Waals surface area (Å²) in [6, 6.07) is 0.799. The number of hydrogen-bond donors (Lipinski definition) is 1. The zero-order valence-electron chi connectivity index (χ0n) is 13.7. The minimum atomic E-state index is -1.58. The Kier molecular flexibility index (Phi) is 6.20. The van der Waals surface area contributed by atoms with E-state index in [1.807, 2.05) is 0 Å². The largest absolute Gasteiger partial charge is 0.478 e. The van der Waals surface area contributed by atoms with Gasteiger partial charge in [-0.2, -0.15) is 0 Å². The number of carbonyl (C=O) groups excluding carboxylic acids is 4. The van der Waals surface area contributed by atoms with Gasteiger partial charge in [-0.3, -0.25) is 19.2 Å². The summed E-state index contributed by atoms with van der Waals surface area (Å²) in [6.07, 6.45) is 0. The smallest absolute Gasteiger partial charge is 0.339 e. The van der Waals surface area contributed by atoms with Gasteiger partial charge in [-0.25, -0.2) is 4.79 Å². The standard InChI is InChI=1S/C15H14O10/c1-6(16)22-11-5-10(15(20)21)12(23-7(2)17)14(25-9(4)19)13(11)24-8(3)18/h5H,1-4H3,(H,20,21). The topological polar surface area (TPSA) is 143 Å². The van der Waals surface area contributed by atoms with Gasteiger partial charge in [0.15, 0.2) is 11.5 Å². The number of benzene rings is 1. The van der Waals surface area contributed by atoms with Crippen molar-refractivity contribution in [2.45, 2.75) is 27.7 Å². The van der Waals surface area contributed by atoms with Crippen molar-refractivity contribution in [3.8, 4) is 23.0 Å². The highest BCUT2D eigenvalue weighted by molar-refractivity contribution is 5.96. The molecule has 0 bridgehead atoms. The second kappa shape index (κ2) is 7.90. The van der Waals surface area contributed by atoms with Crippen LogP contribution in [0.2, 0.25) is 0 Å². The fourth-order valence-corrected chi connectivity index (χ4v) is 1.71. The maximum Gasteiger partial charge on any atom is 0.339 e. The molecule has 134 valence electrons. The molecule has 0 aliphatic carbocycles. The first-order chi connectivity index (χ1) is 11.5. The average Bonchev–Trinajstić information content (AvgIpc) is 2.42. The molecule has 0 amide bonds. The van der Waals surface area contributed by atoms with Crippen molar-refractivity contribution in [3.63, 3.8) is 0 Å². The molecule has 0 aliphatic rings. The minimum Gasteiger partial charge on any atom is -0.478 e. The second-order valence-electron chi connectivity index (χ2n) is 4.59. The number of rotatable bonds is 5. The van der Waals surface area contributed by atoms with Crippen LogP contribution in [0.1, 0.15) is 38.1 Å². The number of hydrogen-bond acceptors (Lipinski definition) is 9. The van der Waals surface area contributed by atoms with Crippen LogP contribution in [0.5, 0.6) is 23.0 Å². The lowest BCUT2D eigenvalue weighted by Crippen LogP contribution is -2.15. The van der Waals surface area contributed by atoms with Gasteiger partial charge in [0, 0.05) is 33.8 Å². The lowest BCUT2D eigenvalue weighted by molar-refractivity contribution is -0.136. The summed E-state index contributed by atoms with van der Waals surface area (Å²) in [6.45, 7) is 3.98. The van der Waals surface area contributed by atoms with Gasteiger partial charge in [-0.15, -0.1) is 0 Å².